The van der Waals surface area contributed by atoms with E-state index in [1.165, 1.54) is 18.5 Å². The van der Waals surface area contributed by atoms with Gasteiger partial charge in [0.15, 0.2) is 5.65 Å². The summed E-state index contributed by atoms with van der Waals surface area (Å²) in [5, 5.41) is 14.5. The molecule has 1 saturated heterocycles. The molecule has 12 heteroatoms. The summed E-state index contributed by atoms with van der Waals surface area (Å²) in [4.78, 5) is 23.3. The van der Waals surface area contributed by atoms with Crippen LogP contribution in [0.15, 0.2) is 54.4 Å². The van der Waals surface area contributed by atoms with Gasteiger partial charge in [-0.15, -0.1) is 0 Å². The van der Waals surface area contributed by atoms with E-state index in [2.05, 4.69) is 15.1 Å². The van der Waals surface area contributed by atoms with E-state index in [1.807, 2.05) is 6.07 Å². The molecule has 4 aromatic rings. The number of carbonyl (C=O) groups excluding carboxylic acids is 1. The first-order valence-electron chi connectivity index (χ1n) is 13.1. The van der Waals surface area contributed by atoms with Crippen LogP contribution in [0.5, 0.6) is 11.5 Å². The molecule has 3 heterocycles. The second kappa shape index (κ2) is 10.6. The van der Waals surface area contributed by atoms with Gasteiger partial charge >= 0.3 is 0 Å². The number of benzene rings is 2. The number of likely N-dealkylation sites (tertiary alicyclic amines) is 1. The zero-order chi connectivity index (χ0) is 28.7. The van der Waals surface area contributed by atoms with Crippen molar-refractivity contribution in [2.24, 2.45) is 5.92 Å². The summed E-state index contributed by atoms with van der Waals surface area (Å²) < 4.78 is 49.5. The molecule has 1 aliphatic carbocycles. The Labute approximate surface area is 232 Å². The van der Waals surface area contributed by atoms with Crippen LogP contribution in [0, 0.1) is 34.7 Å². The van der Waals surface area contributed by atoms with E-state index in [-0.39, 0.29) is 58.6 Å². The molecule has 1 saturated carbocycles. The Hall–Kier alpha value is -4.92. The summed E-state index contributed by atoms with van der Waals surface area (Å²) in [5.74, 6) is -2.37. The quantitative estimate of drug-likeness (QED) is 0.246. The van der Waals surface area contributed by atoms with Crippen LogP contribution >= 0.6 is 0 Å². The SMILES string of the molecule is N#C/C(=C/C1CC1)C(=O)N1CCC[C@@H]1Cn1nc(-c2ccc(Oc3cc(F)cc(F)c3)cc2F)c2c(N)ncnc21. The molecule has 6 rings (SSSR count). The van der Waals surface area contributed by atoms with Crippen molar-refractivity contribution in [1.29, 1.82) is 5.26 Å². The Balaban J connectivity index is 1.31. The van der Waals surface area contributed by atoms with E-state index in [4.69, 9.17) is 10.5 Å². The number of hydrogen-bond donors (Lipinski definition) is 1. The number of ether oxygens (including phenoxy) is 1. The molecule has 2 aromatic heterocycles. The highest BCUT2D eigenvalue weighted by Gasteiger charge is 2.33. The van der Waals surface area contributed by atoms with Crippen LogP contribution in [0.25, 0.3) is 22.3 Å². The van der Waals surface area contributed by atoms with Crippen molar-refractivity contribution in [3.05, 3.63) is 71.8 Å². The molecule has 1 amide bonds. The number of fused-ring (bicyclic) bond motifs is 1. The van der Waals surface area contributed by atoms with Gasteiger partial charge in [-0.1, -0.05) is 6.08 Å². The lowest BCUT2D eigenvalue weighted by molar-refractivity contribution is -0.127. The van der Waals surface area contributed by atoms with Crippen molar-refractivity contribution in [3.63, 3.8) is 0 Å². The van der Waals surface area contributed by atoms with E-state index >= 15 is 4.39 Å². The van der Waals surface area contributed by atoms with Crippen LogP contribution in [0.1, 0.15) is 25.7 Å². The minimum Gasteiger partial charge on any atom is -0.457 e. The lowest BCUT2D eigenvalue weighted by atomic mass is 10.1. The van der Waals surface area contributed by atoms with E-state index in [0.717, 1.165) is 37.5 Å². The molecule has 0 radical (unpaired) electrons. The van der Waals surface area contributed by atoms with E-state index in [0.29, 0.717) is 30.1 Å². The van der Waals surface area contributed by atoms with Gasteiger partial charge in [0.05, 0.1) is 18.0 Å². The molecule has 0 bridgehead atoms. The summed E-state index contributed by atoms with van der Waals surface area (Å²) in [6.45, 7) is 0.774. The Morgan fingerprint density at radius 2 is 1.88 bits per heavy atom. The minimum absolute atomic E-state index is 0.0249. The minimum atomic E-state index is -0.824. The lowest BCUT2D eigenvalue weighted by Gasteiger charge is -2.24. The van der Waals surface area contributed by atoms with Crippen LogP contribution in [-0.4, -0.2) is 43.1 Å². The van der Waals surface area contributed by atoms with Gasteiger partial charge in [-0.3, -0.25) is 4.79 Å². The van der Waals surface area contributed by atoms with Crippen molar-refractivity contribution in [3.8, 4) is 28.8 Å². The maximum absolute atomic E-state index is 15.4. The van der Waals surface area contributed by atoms with Gasteiger partial charge in [-0.25, -0.2) is 27.8 Å². The Kier molecular flexibility index (Phi) is 6.78. The highest BCUT2D eigenvalue weighted by molar-refractivity contribution is 5.99. The van der Waals surface area contributed by atoms with Gasteiger partial charge in [-0.2, -0.15) is 10.4 Å². The van der Waals surface area contributed by atoms with E-state index in [9.17, 15) is 18.8 Å². The molecule has 2 aromatic carbocycles. The molecule has 0 unspecified atom stereocenters. The highest BCUT2D eigenvalue weighted by Crippen LogP contribution is 2.35. The molecular weight excluding hydrogens is 535 g/mol. The largest absolute Gasteiger partial charge is 0.457 e. The van der Waals surface area contributed by atoms with Crippen LogP contribution in [0.3, 0.4) is 0 Å². The molecule has 208 valence electrons. The number of allylic oxidation sites excluding steroid dienone is 1. The van der Waals surface area contributed by atoms with E-state index < -0.39 is 17.5 Å². The number of rotatable bonds is 7. The fraction of sp³-hybridized carbons (Fsp3) is 0.276. The Bertz CT molecular complexity index is 1720. The maximum Gasteiger partial charge on any atom is 0.264 e. The smallest absolute Gasteiger partial charge is 0.264 e. The molecular formula is C29H24F3N7O2. The molecule has 9 nitrogen and oxygen atoms in total. The number of nitrogen functional groups attached to an aromatic ring is 1. The zero-order valence-corrected chi connectivity index (χ0v) is 21.7. The first-order chi connectivity index (χ1) is 19.8. The molecule has 1 aliphatic heterocycles. The first kappa shape index (κ1) is 26.3. The number of aromatic nitrogens is 4. The third-order valence-electron chi connectivity index (χ3n) is 7.22. The summed E-state index contributed by atoms with van der Waals surface area (Å²) in [6.07, 6.45) is 6.48. The highest BCUT2D eigenvalue weighted by atomic mass is 19.1. The van der Waals surface area contributed by atoms with Crippen LogP contribution in [-0.2, 0) is 11.3 Å². The molecule has 2 fully saturated rings. The summed E-state index contributed by atoms with van der Waals surface area (Å²) in [5.41, 5.74) is 6.99. The number of halogens is 3. The van der Waals surface area contributed by atoms with Crippen LogP contribution in [0.4, 0.5) is 19.0 Å². The summed E-state index contributed by atoms with van der Waals surface area (Å²) in [6, 6.07) is 8.42. The predicted molar refractivity (Wildman–Crippen MR) is 143 cm³/mol. The van der Waals surface area contributed by atoms with Crippen LogP contribution in [0.2, 0.25) is 0 Å². The third kappa shape index (κ3) is 5.30. The second-order valence-corrected chi connectivity index (χ2v) is 10.2. The number of nitrogens with two attached hydrogens (primary N) is 1. The van der Waals surface area contributed by atoms with Gasteiger partial charge in [0.2, 0.25) is 0 Å². The second-order valence-electron chi connectivity index (χ2n) is 10.2. The average Bonchev–Trinajstić information content (AvgIpc) is 3.51. The van der Waals surface area contributed by atoms with Crippen molar-refractivity contribution >= 4 is 22.8 Å². The fourth-order valence-corrected chi connectivity index (χ4v) is 5.12. The predicted octanol–water partition coefficient (Wildman–Crippen LogP) is 5.14. The normalized spacial score (nSPS) is 17.2. The number of amides is 1. The van der Waals surface area contributed by atoms with Gasteiger partial charge in [0.25, 0.3) is 5.91 Å². The Morgan fingerprint density at radius 1 is 1.10 bits per heavy atom. The standard InChI is InChI=1S/C29H24F3N7O2/c30-18-9-19(31)11-22(10-18)41-21-5-6-23(24(32)12-21)26-25-27(34)35-15-36-28(25)39(37-26)14-20-2-1-7-38(20)29(40)17(13-33)8-16-3-4-16/h5-6,8-12,15-16,20H,1-4,7,14H2,(H2,34,35,36)/b17-8-/t20-/m1/s1. The lowest BCUT2D eigenvalue weighted by Crippen LogP contribution is -2.39. The molecule has 41 heavy (non-hydrogen) atoms. The first-order valence-corrected chi connectivity index (χ1v) is 13.1. The topological polar surface area (TPSA) is 123 Å². The number of anilines is 1. The van der Waals surface area contributed by atoms with Crippen molar-refractivity contribution < 1.29 is 22.7 Å². The van der Waals surface area contributed by atoms with Gasteiger partial charge in [0, 0.05) is 36.4 Å². The monoisotopic (exact) mass is 559 g/mol. The number of nitriles is 1. The average molecular weight is 560 g/mol. The molecule has 0 spiro atoms. The summed E-state index contributed by atoms with van der Waals surface area (Å²) >= 11 is 0. The molecule has 2 aliphatic rings. The Morgan fingerprint density at radius 3 is 2.59 bits per heavy atom. The summed E-state index contributed by atoms with van der Waals surface area (Å²) in [7, 11) is 0. The number of hydrogen-bond acceptors (Lipinski definition) is 7. The van der Waals surface area contributed by atoms with Gasteiger partial charge in [-0.05, 0) is 43.7 Å². The molecule has 1 atom stereocenters. The molecule has 2 N–H and O–H groups in total. The van der Waals surface area contributed by atoms with Crippen LogP contribution < -0.4 is 10.5 Å². The van der Waals surface area contributed by atoms with Crippen molar-refractivity contribution in [2.75, 3.05) is 12.3 Å². The third-order valence-corrected chi connectivity index (χ3v) is 7.22. The van der Waals surface area contributed by atoms with E-state index in [1.54, 1.807) is 15.7 Å². The fourth-order valence-electron chi connectivity index (χ4n) is 5.12. The van der Waals surface area contributed by atoms with Gasteiger partial charge in [0.1, 0.15) is 58.4 Å². The maximum atomic E-state index is 15.4. The van der Waals surface area contributed by atoms with Crippen molar-refractivity contribution in [2.45, 2.75) is 38.3 Å². The number of carbonyl (C=O) groups is 1. The zero-order valence-electron chi connectivity index (χ0n) is 21.7. The number of nitrogens with zero attached hydrogens (tertiary/aromatic N) is 6. The van der Waals surface area contributed by atoms with Crippen molar-refractivity contribution in [1.82, 2.24) is 24.6 Å². The van der Waals surface area contributed by atoms with Gasteiger partial charge < -0.3 is 15.4 Å².